The average molecular weight is 374 g/mol. The zero-order valence-corrected chi connectivity index (χ0v) is 13.2. The van der Waals surface area contributed by atoms with E-state index >= 15 is 0 Å². The Hall–Kier alpha value is 0.230. The Morgan fingerprint density at radius 1 is 1.31 bits per heavy atom. The van der Waals surface area contributed by atoms with Crippen LogP contribution in [0.25, 0.3) is 0 Å². The van der Waals surface area contributed by atoms with Gasteiger partial charge < -0.3 is 10.8 Å². The second kappa shape index (κ2) is 6.84. The van der Waals surface area contributed by atoms with Crippen molar-refractivity contribution in [3.8, 4) is 5.75 Å². The van der Waals surface area contributed by atoms with E-state index in [0.29, 0.717) is 5.92 Å². The summed E-state index contributed by atoms with van der Waals surface area (Å²) in [5.74, 6) is 0.749. The van der Waals surface area contributed by atoms with E-state index in [2.05, 4.69) is 45.7 Å². The van der Waals surface area contributed by atoms with Gasteiger partial charge in [-0.2, -0.15) is 0 Å². The van der Waals surface area contributed by atoms with Crippen LogP contribution in [0.1, 0.15) is 31.9 Å². The predicted octanol–water partition coefficient (Wildman–Crippen LogP) is 4.38. The fourth-order valence-electron chi connectivity index (χ4n) is 1.56. The summed E-state index contributed by atoms with van der Waals surface area (Å²) in [5.41, 5.74) is 6.83. The monoisotopic (exact) mass is 371 g/mol. The Balaban J connectivity index is 0.00000225. The van der Waals surface area contributed by atoms with E-state index in [4.69, 9.17) is 5.73 Å². The molecule has 0 saturated carbocycles. The maximum Gasteiger partial charge on any atom is 0.122 e. The Morgan fingerprint density at radius 2 is 1.88 bits per heavy atom. The Bertz CT molecular complexity index is 335. The molecule has 5 heteroatoms. The third-order valence-electron chi connectivity index (χ3n) is 2.17. The number of hydrogen-bond acceptors (Lipinski definition) is 2. The number of phenolic OH excluding ortho intramolecular Hbond substituents is 1. The first-order valence-electron chi connectivity index (χ1n) is 4.85. The number of aromatic hydroxyl groups is 1. The van der Waals surface area contributed by atoms with Crippen LogP contribution in [0.2, 0.25) is 0 Å². The molecule has 0 saturated heterocycles. The minimum atomic E-state index is -0.132. The molecule has 3 N–H and O–H groups in total. The zero-order chi connectivity index (χ0) is 11.6. The lowest BCUT2D eigenvalue weighted by molar-refractivity contribution is 0.444. The van der Waals surface area contributed by atoms with Crippen molar-refractivity contribution in [2.24, 2.45) is 11.7 Å². The van der Waals surface area contributed by atoms with Crippen LogP contribution in [-0.2, 0) is 0 Å². The Kier molecular flexibility index (Phi) is 6.94. The van der Waals surface area contributed by atoms with Crippen molar-refractivity contribution in [3.05, 3.63) is 26.6 Å². The minimum Gasteiger partial charge on any atom is -0.508 e. The summed E-state index contributed by atoms with van der Waals surface area (Å²) >= 11 is 6.73. The lowest BCUT2D eigenvalue weighted by Gasteiger charge is -2.17. The largest absolute Gasteiger partial charge is 0.508 e. The fraction of sp³-hybridized carbons (Fsp3) is 0.455. The van der Waals surface area contributed by atoms with Gasteiger partial charge in [0.25, 0.3) is 0 Å². The summed E-state index contributed by atoms with van der Waals surface area (Å²) in [4.78, 5) is 0. The summed E-state index contributed by atoms with van der Waals surface area (Å²) in [7, 11) is 0. The molecule has 92 valence electrons. The fourth-order valence-corrected chi connectivity index (χ4v) is 3.06. The molecule has 0 radical (unpaired) electrons. The second-order valence-corrected chi connectivity index (χ2v) is 5.83. The average Bonchev–Trinajstić information content (AvgIpc) is 1.99. The van der Waals surface area contributed by atoms with Gasteiger partial charge in [0, 0.05) is 20.6 Å². The minimum absolute atomic E-state index is 0. The highest BCUT2D eigenvalue weighted by Gasteiger charge is 2.16. The molecule has 0 fully saturated rings. The zero-order valence-electron chi connectivity index (χ0n) is 9.21. The van der Waals surface area contributed by atoms with Gasteiger partial charge in [-0.3, -0.25) is 0 Å². The highest BCUT2D eigenvalue weighted by molar-refractivity contribution is 9.11. The van der Waals surface area contributed by atoms with Gasteiger partial charge in [-0.15, -0.1) is 12.4 Å². The van der Waals surface area contributed by atoms with Crippen molar-refractivity contribution in [1.82, 2.24) is 0 Å². The van der Waals surface area contributed by atoms with Gasteiger partial charge in [-0.05, 0) is 24.5 Å². The lowest BCUT2D eigenvalue weighted by atomic mass is 9.97. The molecule has 1 aromatic rings. The molecular formula is C11H16Br2ClNO. The van der Waals surface area contributed by atoms with Crippen LogP contribution in [-0.4, -0.2) is 5.11 Å². The van der Waals surface area contributed by atoms with Crippen LogP contribution in [0.3, 0.4) is 0 Å². The van der Waals surface area contributed by atoms with Crippen molar-refractivity contribution in [1.29, 1.82) is 0 Å². The van der Waals surface area contributed by atoms with Crippen molar-refractivity contribution in [2.45, 2.75) is 26.3 Å². The molecule has 0 bridgehead atoms. The molecule has 16 heavy (non-hydrogen) atoms. The maximum atomic E-state index is 9.82. The first kappa shape index (κ1) is 16.2. The van der Waals surface area contributed by atoms with Gasteiger partial charge in [0.2, 0.25) is 0 Å². The molecule has 0 heterocycles. The number of nitrogens with two attached hydrogens (primary N) is 1. The standard InChI is InChI=1S/C11H15Br2NO.ClH/c1-6(2)3-9(14)11-8(13)4-7(12)5-10(11)15;/h4-6,9,15H,3,14H2,1-2H3;1H/t9-;/m1./s1. The SMILES string of the molecule is CC(C)C[C@@H](N)c1c(O)cc(Br)cc1Br.Cl. The number of phenols is 1. The number of hydrogen-bond donors (Lipinski definition) is 2. The van der Waals surface area contributed by atoms with E-state index in [9.17, 15) is 5.11 Å². The second-order valence-electron chi connectivity index (χ2n) is 4.06. The maximum absolute atomic E-state index is 9.82. The summed E-state index contributed by atoms with van der Waals surface area (Å²) < 4.78 is 1.69. The van der Waals surface area contributed by atoms with Crippen LogP contribution < -0.4 is 5.73 Å². The molecule has 0 amide bonds. The quantitative estimate of drug-likeness (QED) is 0.826. The van der Waals surface area contributed by atoms with Crippen molar-refractivity contribution >= 4 is 44.3 Å². The first-order valence-corrected chi connectivity index (χ1v) is 6.44. The van der Waals surface area contributed by atoms with Crippen molar-refractivity contribution < 1.29 is 5.11 Å². The van der Waals surface area contributed by atoms with Crippen molar-refractivity contribution in [2.75, 3.05) is 0 Å². The molecule has 0 aliphatic heterocycles. The number of rotatable bonds is 3. The summed E-state index contributed by atoms with van der Waals surface area (Å²) in [6.07, 6.45) is 0.855. The number of benzene rings is 1. The predicted molar refractivity (Wildman–Crippen MR) is 77.1 cm³/mol. The molecule has 0 aliphatic carbocycles. The molecule has 1 atom stereocenters. The van der Waals surface area contributed by atoms with E-state index in [1.807, 2.05) is 6.07 Å². The van der Waals surface area contributed by atoms with Gasteiger partial charge in [0.15, 0.2) is 0 Å². The molecular weight excluding hydrogens is 357 g/mol. The molecule has 0 spiro atoms. The lowest BCUT2D eigenvalue weighted by Crippen LogP contribution is -2.13. The van der Waals surface area contributed by atoms with E-state index in [1.54, 1.807) is 6.07 Å². The smallest absolute Gasteiger partial charge is 0.122 e. The summed E-state index contributed by atoms with van der Waals surface area (Å²) in [5, 5.41) is 9.82. The van der Waals surface area contributed by atoms with Crippen LogP contribution in [0.4, 0.5) is 0 Å². The van der Waals surface area contributed by atoms with E-state index in [1.165, 1.54) is 0 Å². The molecule has 0 unspecified atom stereocenters. The van der Waals surface area contributed by atoms with Gasteiger partial charge >= 0.3 is 0 Å². The van der Waals surface area contributed by atoms with Gasteiger partial charge in [0.05, 0.1) is 0 Å². The van der Waals surface area contributed by atoms with Crippen LogP contribution >= 0.6 is 44.3 Å². The summed E-state index contributed by atoms with van der Waals surface area (Å²) in [6, 6.07) is 3.43. The van der Waals surface area contributed by atoms with Gasteiger partial charge in [-0.25, -0.2) is 0 Å². The molecule has 0 aliphatic rings. The van der Waals surface area contributed by atoms with E-state index in [0.717, 1.165) is 20.9 Å². The molecule has 1 rings (SSSR count). The summed E-state index contributed by atoms with van der Waals surface area (Å²) in [6.45, 7) is 4.23. The van der Waals surface area contributed by atoms with E-state index < -0.39 is 0 Å². The first-order chi connectivity index (χ1) is 6.91. The third-order valence-corrected chi connectivity index (χ3v) is 3.28. The molecule has 1 aromatic carbocycles. The highest BCUT2D eigenvalue weighted by Crippen LogP contribution is 2.36. The Morgan fingerprint density at radius 3 is 2.31 bits per heavy atom. The normalized spacial score (nSPS) is 12.4. The van der Waals surface area contributed by atoms with Crippen molar-refractivity contribution in [3.63, 3.8) is 0 Å². The van der Waals surface area contributed by atoms with Crippen LogP contribution in [0.15, 0.2) is 21.1 Å². The number of halogens is 3. The van der Waals surface area contributed by atoms with E-state index in [-0.39, 0.29) is 24.2 Å². The molecule has 2 nitrogen and oxygen atoms in total. The van der Waals surface area contributed by atoms with Crippen LogP contribution in [0, 0.1) is 5.92 Å². The topological polar surface area (TPSA) is 46.2 Å². The molecule has 0 aromatic heterocycles. The Labute approximate surface area is 119 Å². The van der Waals surface area contributed by atoms with Gasteiger partial charge in [-0.1, -0.05) is 45.7 Å². The van der Waals surface area contributed by atoms with Crippen LogP contribution in [0.5, 0.6) is 5.75 Å². The third kappa shape index (κ3) is 4.24. The van der Waals surface area contributed by atoms with Gasteiger partial charge in [0.1, 0.15) is 5.75 Å². The highest BCUT2D eigenvalue weighted by atomic mass is 79.9.